The van der Waals surface area contributed by atoms with Crippen LogP contribution in [0.3, 0.4) is 0 Å². The summed E-state index contributed by atoms with van der Waals surface area (Å²) < 4.78 is 62.8. The van der Waals surface area contributed by atoms with Gasteiger partial charge in [-0.25, -0.2) is 0 Å². The van der Waals surface area contributed by atoms with E-state index >= 15 is 0 Å². The van der Waals surface area contributed by atoms with Crippen LogP contribution in [0.5, 0.6) is 5.75 Å². The molecule has 0 aliphatic carbocycles. The van der Waals surface area contributed by atoms with E-state index in [2.05, 4.69) is 9.50 Å². The number of aryl methyl sites for hydroxylation is 2. The number of carbonyl (C=O) groups excluding carboxylic acids is 1. The van der Waals surface area contributed by atoms with Crippen molar-refractivity contribution in [3.05, 3.63) is 23.3 Å². The van der Waals surface area contributed by atoms with Crippen LogP contribution in [0.25, 0.3) is 0 Å². The van der Waals surface area contributed by atoms with Gasteiger partial charge in [-0.2, -0.15) is 21.6 Å². The molecule has 0 atom stereocenters. The number of nitrogens with one attached hydrogen (secondary N) is 1. The molecule has 5 nitrogen and oxygen atoms in total. The number of amides is 1. The predicted molar refractivity (Wildman–Crippen MR) is 65.8 cm³/mol. The van der Waals surface area contributed by atoms with Crippen molar-refractivity contribution < 1.29 is 30.6 Å². The zero-order valence-electron chi connectivity index (χ0n) is 10.8. The Morgan fingerprint density at radius 3 is 2.20 bits per heavy atom. The summed E-state index contributed by atoms with van der Waals surface area (Å²) in [7, 11) is -5.74. The smallest absolute Gasteiger partial charge is 0.376 e. The van der Waals surface area contributed by atoms with Crippen molar-refractivity contribution in [2.75, 3.05) is 5.32 Å². The second-order valence-corrected chi connectivity index (χ2v) is 5.63. The maximum atomic E-state index is 12.3. The third-order valence-electron chi connectivity index (χ3n) is 2.32. The Bertz CT molecular complexity index is 638. The predicted octanol–water partition coefficient (Wildman–Crippen LogP) is 2.49. The quantitative estimate of drug-likeness (QED) is 0.687. The lowest BCUT2D eigenvalue weighted by molar-refractivity contribution is -0.114. The van der Waals surface area contributed by atoms with Crippen molar-refractivity contribution in [3.63, 3.8) is 0 Å². The first-order chi connectivity index (χ1) is 8.94. The van der Waals surface area contributed by atoms with Crippen LogP contribution in [0.1, 0.15) is 18.1 Å². The van der Waals surface area contributed by atoms with Crippen LogP contribution in [0.15, 0.2) is 12.1 Å². The summed E-state index contributed by atoms with van der Waals surface area (Å²) in [5.41, 5.74) is -4.58. The van der Waals surface area contributed by atoms with Crippen LogP contribution in [0, 0.1) is 13.8 Å². The van der Waals surface area contributed by atoms with Gasteiger partial charge in [0.05, 0.1) is 0 Å². The third kappa shape index (κ3) is 3.62. The molecule has 0 aromatic heterocycles. The summed E-state index contributed by atoms with van der Waals surface area (Å²) in [5.74, 6) is -0.932. The van der Waals surface area contributed by atoms with Gasteiger partial charge in [-0.3, -0.25) is 4.79 Å². The minimum atomic E-state index is -5.74. The first kappa shape index (κ1) is 16.3. The van der Waals surface area contributed by atoms with E-state index in [9.17, 15) is 26.4 Å². The van der Waals surface area contributed by atoms with Crippen LogP contribution in [0.4, 0.5) is 18.9 Å². The first-order valence-electron chi connectivity index (χ1n) is 5.33. The maximum Gasteiger partial charge on any atom is 0.534 e. The molecule has 0 unspecified atom stereocenters. The Labute approximate surface area is 113 Å². The molecule has 0 radical (unpaired) electrons. The van der Waals surface area contributed by atoms with E-state index in [-0.39, 0.29) is 11.3 Å². The standard InChI is InChI=1S/C11H12F3NO4S/c1-6-4-7(2)10(5-9(6)15-8(3)16)19-20(17,18)11(12,13)14/h4-5H,1-3H3,(H,15,16). The van der Waals surface area contributed by atoms with Gasteiger partial charge in [0.25, 0.3) is 0 Å². The number of hydrogen-bond acceptors (Lipinski definition) is 4. The molecular formula is C11H12F3NO4S. The van der Waals surface area contributed by atoms with E-state index in [1.54, 1.807) is 6.92 Å². The van der Waals surface area contributed by atoms with Gasteiger partial charge >= 0.3 is 15.6 Å². The molecule has 0 aliphatic heterocycles. The van der Waals surface area contributed by atoms with Gasteiger partial charge in [0.1, 0.15) is 5.75 Å². The van der Waals surface area contributed by atoms with Crippen molar-refractivity contribution in [3.8, 4) is 5.75 Å². The molecule has 0 bridgehead atoms. The van der Waals surface area contributed by atoms with Crippen LogP contribution < -0.4 is 9.50 Å². The molecule has 1 N–H and O–H groups in total. The van der Waals surface area contributed by atoms with Crippen molar-refractivity contribution in [1.82, 2.24) is 0 Å². The summed E-state index contributed by atoms with van der Waals surface area (Å²) in [6.45, 7) is 4.22. The van der Waals surface area contributed by atoms with E-state index in [0.717, 1.165) is 6.07 Å². The molecular weight excluding hydrogens is 299 g/mol. The van der Waals surface area contributed by atoms with Crippen molar-refractivity contribution in [1.29, 1.82) is 0 Å². The Morgan fingerprint density at radius 2 is 1.75 bits per heavy atom. The molecule has 1 rings (SSSR count). The zero-order valence-corrected chi connectivity index (χ0v) is 11.6. The molecule has 0 fully saturated rings. The number of hydrogen-bond donors (Lipinski definition) is 1. The lowest BCUT2D eigenvalue weighted by Gasteiger charge is -2.14. The summed E-state index contributed by atoms with van der Waals surface area (Å²) in [4.78, 5) is 11.0. The number of anilines is 1. The Hall–Kier alpha value is -1.77. The average Bonchev–Trinajstić information content (AvgIpc) is 2.22. The van der Waals surface area contributed by atoms with Crippen LogP contribution in [-0.4, -0.2) is 19.8 Å². The average molecular weight is 311 g/mol. The number of rotatable bonds is 3. The molecule has 1 amide bonds. The van der Waals surface area contributed by atoms with E-state index in [1.165, 1.54) is 19.9 Å². The van der Waals surface area contributed by atoms with Crippen molar-refractivity contribution in [2.45, 2.75) is 26.3 Å². The molecule has 0 saturated heterocycles. The highest BCUT2D eigenvalue weighted by Crippen LogP contribution is 2.32. The number of halogens is 3. The summed E-state index contributed by atoms with van der Waals surface area (Å²) in [6, 6.07) is 2.45. The zero-order chi connectivity index (χ0) is 15.7. The fraction of sp³-hybridized carbons (Fsp3) is 0.364. The van der Waals surface area contributed by atoms with Gasteiger partial charge in [0.2, 0.25) is 5.91 Å². The van der Waals surface area contributed by atoms with Crippen molar-refractivity contribution >= 4 is 21.7 Å². The largest absolute Gasteiger partial charge is 0.534 e. The van der Waals surface area contributed by atoms with Crippen LogP contribution in [0.2, 0.25) is 0 Å². The van der Waals surface area contributed by atoms with E-state index < -0.39 is 27.3 Å². The van der Waals surface area contributed by atoms with Crippen molar-refractivity contribution in [2.24, 2.45) is 0 Å². The Morgan fingerprint density at radius 1 is 1.20 bits per heavy atom. The highest BCUT2D eigenvalue weighted by Gasteiger charge is 2.48. The Kier molecular flexibility index (Phi) is 4.33. The molecule has 1 aromatic rings. The lowest BCUT2D eigenvalue weighted by Crippen LogP contribution is -2.28. The number of carbonyl (C=O) groups is 1. The normalized spacial score (nSPS) is 12.1. The van der Waals surface area contributed by atoms with Gasteiger partial charge in [-0.1, -0.05) is 6.07 Å². The number of benzene rings is 1. The molecule has 0 heterocycles. The van der Waals surface area contributed by atoms with Crippen LogP contribution >= 0.6 is 0 Å². The topological polar surface area (TPSA) is 72.5 Å². The van der Waals surface area contributed by atoms with Gasteiger partial charge < -0.3 is 9.50 Å². The Balaban J connectivity index is 3.23. The molecule has 1 aromatic carbocycles. The monoisotopic (exact) mass is 311 g/mol. The molecule has 0 saturated carbocycles. The molecule has 112 valence electrons. The fourth-order valence-electron chi connectivity index (χ4n) is 1.41. The summed E-state index contributed by atoms with van der Waals surface area (Å²) >= 11 is 0. The maximum absolute atomic E-state index is 12.3. The first-order valence-corrected chi connectivity index (χ1v) is 6.74. The second kappa shape index (κ2) is 5.31. The van der Waals surface area contributed by atoms with Gasteiger partial charge in [0, 0.05) is 18.7 Å². The van der Waals surface area contributed by atoms with E-state index in [1.807, 2.05) is 0 Å². The minimum Gasteiger partial charge on any atom is -0.376 e. The molecule has 20 heavy (non-hydrogen) atoms. The highest BCUT2D eigenvalue weighted by atomic mass is 32.2. The van der Waals surface area contributed by atoms with Gasteiger partial charge in [0.15, 0.2) is 0 Å². The van der Waals surface area contributed by atoms with Crippen LogP contribution in [-0.2, 0) is 14.9 Å². The summed E-state index contributed by atoms with van der Waals surface area (Å²) in [6.07, 6.45) is 0. The third-order valence-corrected chi connectivity index (χ3v) is 3.28. The number of alkyl halides is 3. The van der Waals surface area contributed by atoms with E-state index in [0.29, 0.717) is 5.56 Å². The second-order valence-electron chi connectivity index (χ2n) is 4.10. The SMILES string of the molecule is CC(=O)Nc1cc(OS(=O)(=O)C(F)(F)F)c(C)cc1C. The van der Waals surface area contributed by atoms with E-state index in [4.69, 9.17) is 0 Å². The van der Waals surface area contributed by atoms with Gasteiger partial charge in [-0.15, -0.1) is 0 Å². The highest BCUT2D eigenvalue weighted by molar-refractivity contribution is 7.88. The molecule has 0 aliphatic rings. The van der Waals surface area contributed by atoms with Gasteiger partial charge in [-0.05, 0) is 25.0 Å². The molecule has 9 heteroatoms. The minimum absolute atomic E-state index is 0.176. The lowest BCUT2D eigenvalue weighted by atomic mass is 10.1. The fourth-order valence-corrected chi connectivity index (χ4v) is 1.92. The summed E-state index contributed by atoms with van der Waals surface area (Å²) in [5, 5.41) is 2.37. The molecule has 0 spiro atoms.